The maximum atomic E-state index is 13.0. The first-order valence-corrected chi connectivity index (χ1v) is 9.53. The number of aryl methyl sites for hydroxylation is 2. The van der Waals surface area contributed by atoms with Gasteiger partial charge in [0.25, 0.3) is 5.91 Å². The second kappa shape index (κ2) is 7.78. The van der Waals surface area contributed by atoms with Crippen LogP contribution in [0.4, 0.5) is 30.4 Å². The molecule has 7 nitrogen and oxygen atoms in total. The van der Waals surface area contributed by atoms with Gasteiger partial charge in [-0.15, -0.1) is 0 Å². The molecule has 0 unspecified atom stereocenters. The van der Waals surface area contributed by atoms with Gasteiger partial charge in [-0.2, -0.15) is 18.3 Å². The number of fused-ring (bicyclic) bond motifs is 1. The molecule has 1 amide bonds. The largest absolute Gasteiger partial charge is 0.434 e. The highest BCUT2D eigenvalue weighted by Crippen LogP contribution is 2.30. The molecule has 31 heavy (non-hydrogen) atoms. The third kappa shape index (κ3) is 4.23. The summed E-state index contributed by atoms with van der Waals surface area (Å²) in [6.07, 6.45) is -3.57. The van der Waals surface area contributed by atoms with Crippen molar-refractivity contribution in [2.45, 2.75) is 26.6 Å². The van der Waals surface area contributed by atoms with Gasteiger partial charge in [-0.1, -0.05) is 6.07 Å². The van der Waals surface area contributed by atoms with E-state index in [-0.39, 0.29) is 11.6 Å². The molecule has 0 saturated carbocycles. The summed E-state index contributed by atoms with van der Waals surface area (Å²) >= 11 is 0. The zero-order valence-corrected chi connectivity index (χ0v) is 16.7. The number of hydrogen-bond donors (Lipinski definition) is 2. The Balaban J connectivity index is 1.51. The van der Waals surface area contributed by atoms with Crippen LogP contribution in [0.5, 0.6) is 0 Å². The lowest BCUT2D eigenvalue weighted by Gasteiger charge is -2.10. The van der Waals surface area contributed by atoms with Gasteiger partial charge in [-0.25, -0.2) is 4.98 Å². The minimum Gasteiger partial charge on any atom is -0.341 e. The van der Waals surface area contributed by atoms with Crippen LogP contribution in [0.2, 0.25) is 0 Å². The van der Waals surface area contributed by atoms with Gasteiger partial charge in [0.15, 0.2) is 5.69 Å². The summed E-state index contributed by atoms with van der Waals surface area (Å²) in [7, 11) is 0. The quantitative estimate of drug-likeness (QED) is 0.475. The Morgan fingerprint density at radius 1 is 1.10 bits per heavy atom. The Bertz CT molecular complexity index is 1240. The van der Waals surface area contributed by atoms with Crippen molar-refractivity contribution in [3.05, 3.63) is 71.8 Å². The van der Waals surface area contributed by atoms with Crippen LogP contribution in [-0.2, 0) is 12.7 Å². The lowest BCUT2D eigenvalue weighted by Crippen LogP contribution is -2.17. The summed E-state index contributed by atoms with van der Waals surface area (Å²) in [6.45, 7) is 4.30. The number of carbonyl (C=O) groups excluding carboxylic acids is 1. The third-order valence-corrected chi connectivity index (χ3v) is 4.63. The van der Waals surface area contributed by atoms with E-state index in [1.807, 2.05) is 13.8 Å². The number of pyridine rings is 1. The van der Waals surface area contributed by atoms with E-state index in [0.717, 1.165) is 11.9 Å². The highest BCUT2D eigenvalue weighted by atomic mass is 19.4. The summed E-state index contributed by atoms with van der Waals surface area (Å²) in [6, 6.07) is 13.3. The van der Waals surface area contributed by atoms with Crippen LogP contribution in [0.3, 0.4) is 0 Å². The molecule has 4 rings (SSSR count). The van der Waals surface area contributed by atoms with E-state index in [4.69, 9.17) is 0 Å². The maximum Gasteiger partial charge on any atom is 0.434 e. The Hall–Kier alpha value is -3.82. The summed E-state index contributed by atoms with van der Waals surface area (Å²) in [5.74, 6) is 0.158. The zero-order chi connectivity index (χ0) is 22.2. The van der Waals surface area contributed by atoms with Gasteiger partial charge in [-0.05, 0) is 56.3 Å². The van der Waals surface area contributed by atoms with E-state index in [0.29, 0.717) is 29.4 Å². The summed E-state index contributed by atoms with van der Waals surface area (Å²) in [5.41, 5.74) is 1.67. The Morgan fingerprint density at radius 2 is 1.81 bits per heavy atom. The molecule has 0 atom stereocenters. The molecule has 0 fully saturated rings. The van der Waals surface area contributed by atoms with Gasteiger partial charge >= 0.3 is 6.18 Å². The monoisotopic (exact) mass is 428 g/mol. The van der Waals surface area contributed by atoms with Crippen molar-refractivity contribution in [1.29, 1.82) is 0 Å². The normalized spacial score (nSPS) is 11.6. The van der Waals surface area contributed by atoms with Crippen LogP contribution in [-0.4, -0.2) is 25.1 Å². The lowest BCUT2D eigenvalue weighted by molar-refractivity contribution is -0.140. The van der Waals surface area contributed by atoms with Crippen LogP contribution in [0.1, 0.15) is 28.8 Å². The molecule has 4 aromatic rings. The number of alkyl halides is 3. The first-order chi connectivity index (χ1) is 14.7. The van der Waals surface area contributed by atoms with E-state index in [9.17, 15) is 18.0 Å². The first-order valence-electron chi connectivity index (χ1n) is 9.53. The molecule has 0 aliphatic heterocycles. The van der Waals surface area contributed by atoms with Gasteiger partial charge in [-0.3, -0.25) is 13.9 Å². The fraction of sp³-hybridized carbons (Fsp3) is 0.190. The molecule has 1 aromatic carbocycles. The summed E-state index contributed by atoms with van der Waals surface area (Å²) < 4.78 is 41.9. The Labute approximate surface area is 175 Å². The Kier molecular flexibility index (Phi) is 5.14. The molecule has 0 spiro atoms. The average molecular weight is 428 g/mol. The van der Waals surface area contributed by atoms with Crippen molar-refractivity contribution in [3.8, 4) is 0 Å². The van der Waals surface area contributed by atoms with E-state index >= 15 is 0 Å². The fourth-order valence-corrected chi connectivity index (χ4v) is 3.20. The lowest BCUT2D eigenvalue weighted by atomic mass is 10.2. The molecule has 2 N–H and O–H groups in total. The maximum absolute atomic E-state index is 13.0. The highest BCUT2D eigenvalue weighted by molar-refractivity contribution is 6.03. The van der Waals surface area contributed by atoms with Crippen LogP contribution in [0.15, 0.2) is 54.7 Å². The predicted molar refractivity (Wildman–Crippen MR) is 111 cm³/mol. The van der Waals surface area contributed by atoms with E-state index in [1.54, 1.807) is 47.1 Å². The highest BCUT2D eigenvalue weighted by Gasteiger charge is 2.34. The van der Waals surface area contributed by atoms with Gasteiger partial charge in [0.2, 0.25) is 0 Å². The smallest absolute Gasteiger partial charge is 0.341 e. The molecule has 0 radical (unpaired) electrons. The van der Waals surface area contributed by atoms with Gasteiger partial charge < -0.3 is 10.6 Å². The van der Waals surface area contributed by atoms with Crippen LogP contribution < -0.4 is 10.6 Å². The number of hydrogen-bond acceptors (Lipinski definition) is 4. The molecule has 3 heterocycles. The Morgan fingerprint density at radius 3 is 2.48 bits per heavy atom. The first kappa shape index (κ1) is 20.5. The minimum absolute atomic E-state index is 0.184. The number of aromatic nitrogens is 4. The van der Waals surface area contributed by atoms with Crippen LogP contribution >= 0.6 is 0 Å². The molecule has 3 aromatic heterocycles. The molecule has 0 aliphatic carbocycles. The summed E-state index contributed by atoms with van der Waals surface area (Å²) in [4.78, 5) is 16.1. The van der Waals surface area contributed by atoms with Crippen molar-refractivity contribution in [2.75, 3.05) is 10.6 Å². The number of carbonyl (C=O) groups is 1. The molecular weight excluding hydrogens is 409 g/mol. The number of imidazole rings is 1. The van der Waals surface area contributed by atoms with Gasteiger partial charge in [0.1, 0.15) is 17.2 Å². The van der Waals surface area contributed by atoms with Crippen molar-refractivity contribution in [2.24, 2.45) is 0 Å². The number of nitrogens with one attached hydrogen (secondary N) is 2. The third-order valence-electron chi connectivity index (χ3n) is 4.63. The number of nitrogens with zero attached hydrogens (tertiary/aromatic N) is 4. The second-order valence-corrected chi connectivity index (χ2v) is 6.91. The second-order valence-electron chi connectivity index (χ2n) is 6.91. The SMILES string of the molecule is CCn1nc(C)cc1C(=O)Nc1ccc(Nc2cccc3nc(C(F)(F)F)cn23)cc1. The number of anilines is 3. The van der Waals surface area contributed by atoms with Crippen molar-refractivity contribution in [1.82, 2.24) is 19.2 Å². The number of halogens is 3. The topological polar surface area (TPSA) is 76.2 Å². The molecule has 160 valence electrons. The number of benzene rings is 1. The zero-order valence-electron chi connectivity index (χ0n) is 16.7. The molecular formula is C21H19F3N6O. The predicted octanol–water partition coefficient (Wildman–Crippen LogP) is 4.87. The van der Waals surface area contributed by atoms with E-state index < -0.39 is 11.9 Å². The van der Waals surface area contributed by atoms with Gasteiger partial charge in [0, 0.05) is 24.1 Å². The van der Waals surface area contributed by atoms with Crippen molar-refractivity contribution < 1.29 is 18.0 Å². The molecule has 0 bridgehead atoms. The molecule has 10 heteroatoms. The van der Waals surface area contributed by atoms with Crippen LogP contribution in [0, 0.1) is 6.92 Å². The minimum atomic E-state index is -4.52. The van der Waals surface area contributed by atoms with E-state index in [2.05, 4.69) is 20.7 Å². The number of rotatable bonds is 5. The average Bonchev–Trinajstić information content (AvgIpc) is 3.33. The molecule has 0 aliphatic rings. The van der Waals surface area contributed by atoms with Crippen molar-refractivity contribution >= 4 is 28.7 Å². The fourth-order valence-electron chi connectivity index (χ4n) is 3.20. The standard InChI is InChI=1S/C21H19F3N6O/c1-3-30-16(11-13(2)28-30)20(31)26-15-9-7-14(8-10-15)25-18-5-4-6-19-27-17(12-29(18)19)21(22,23)24/h4-12,25H,3H2,1-2H3,(H,26,31). The summed E-state index contributed by atoms with van der Waals surface area (Å²) in [5, 5.41) is 10.2. The molecule has 0 saturated heterocycles. The van der Waals surface area contributed by atoms with Crippen LogP contribution in [0.25, 0.3) is 5.65 Å². The van der Waals surface area contributed by atoms with E-state index in [1.165, 1.54) is 10.5 Å². The number of amides is 1. The van der Waals surface area contributed by atoms with Crippen molar-refractivity contribution in [3.63, 3.8) is 0 Å². The van der Waals surface area contributed by atoms with Gasteiger partial charge in [0.05, 0.1) is 5.69 Å².